The number of ether oxygens (including phenoxy) is 2. The molecule has 0 N–H and O–H groups in total. The first-order chi connectivity index (χ1) is 9.10. The van der Waals surface area contributed by atoms with Crippen molar-refractivity contribution in [2.75, 3.05) is 13.7 Å². The van der Waals surface area contributed by atoms with Gasteiger partial charge < -0.3 is 9.47 Å². The van der Waals surface area contributed by atoms with Gasteiger partial charge in [0.25, 0.3) is 0 Å². The molecule has 1 aliphatic rings. The average molecular weight is 349 g/mol. The molecule has 0 radical (unpaired) electrons. The third-order valence-corrected chi connectivity index (χ3v) is 5.31. The molecule has 2 rings (SSSR count). The molecule has 0 aromatic heterocycles. The number of rotatable bonds is 4. The Morgan fingerprint density at radius 1 is 1.47 bits per heavy atom. The molecule has 0 unspecified atom stereocenters. The molecule has 0 aliphatic carbocycles. The molecule has 0 saturated carbocycles. The number of hydrogen-bond donors (Lipinski definition) is 0. The molecular formula is C13H14BrFO3S. The summed E-state index contributed by atoms with van der Waals surface area (Å²) in [5, 5.41) is 0.0153. The van der Waals surface area contributed by atoms with Crippen molar-refractivity contribution in [3.8, 4) is 5.75 Å². The maximum Gasteiger partial charge on any atom is 0.338 e. The average Bonchev–Trinajstić information content (AvgIpc) is 2.75. The van der Waals surface area contributed by atoms with Gasteiger partial charge in [-0.2, -0.15) is 0 Å². The summed E-state index contributed by atoms with van der Waals surface area (Å²) in [4.78, 5) is 11.8. The maximum atomic E-state index is 13.3. The molecule has 1 fully saturated rings. The molecule has 1 saturated heterocycles. The van der Waals surface area contributed by atoms with Crippen LogP contribution >= 0.6 is 27.7 Å². The van der Waals surface area contributed by atoms with Crippen LogP contribution in [0.1, 0.15) is 16.8 Å². The molecule has 104 valence electrons. The molecule has 6 heteroatoms. The van der Waals surface area contributed by atoms with Gasteiger partial charge in [-0.05, 0) is 30.7 Å². The van der Waals surface area contributed by atoms with Crippen LogP contribution in [-0.2, 0) is 4.74 Å². The zero-order valence-corrected chi connectivity index (χ0v) is 12.7. The van der Waals surface area contributed by atoms with Crippen LogP contribution < -0.4 is 4.74 Å². The van der Waals surface area contributed by atoms with Crippen LogP contribution in [0.3, 0.4) is 0 Å². The first-order valence-corrected chi connectivity index (χ1v) is 7.71. The van der Waals surface area contributed by atoms with E-state index in [1.165, 1.54) is 11.8 Å². The highest BCUT2D eigenvalue weighted by molar-refractivity contribution is 9.11. The predicted molar refractivity (Wildman–Crippen MR) is 76.9 cm³/mol. The van der Waals surface area contributed by atoms with Gasteiger partial charge in [0.2, 0.25) is 0 Å². The lowest BCUT2D eigenvalue weighted by atomic mass is 10.2. The monoisotopic (exact) mass is 348 g/mol. The molecule has 1 heterocycles. The topological polar surface area (TPSA) is 35.5 Å². The van der Waals surface area contributed by atoms with E-state index >= 15 is 0 Å². The number of esters is 1. The summed E-state index contributed by atoms with van der Waals surface area (Å²) in [6.45, 7) is 0.234. The Bertz CT molecular complexity index is 430. The van der Waals surface area contributed by atoms with Crippen LogP contribution in [0.2, 0.25) is 0 Å². The van der Waals surface area contributed by atoms with Crippen molar-refractivity contribution >= 4 is 33.7 Å². The quantitative estimate of drug-likeness (QED) is 0.616. The van der Waals surface area contributed by atoms with E-state index < -0.39 is 12.1 Å². The lowest BCUT2D eigenvalue weighted by Gasteiger charge is -2.10. The number of alkyl halides is 2. The number of hydrogen-bond acceptors (Lipinski definition) is 4. The molecule has 0 bridgehead atoms. The fraction of sp³-hybridized carbons (Fsp3) is 0.462. The summed E-state index contributed by atoms with van der Waals surface area (Å²) >= 11 is 4.71. The standard InChI is InChI=1S/C13H14BrFO3S/c1-17-9-4-2-8(3-5-9)13(16)18-7-10-6-11(15)12(14)19-10/h2-5,10-12H,6-7H2,1H3/t10-,11-,12-/m0/s1. The SMILES string of the molecule is COc1ccc(C(=O)OC[C@@H]2C[C@H](F)[C@@H](Br)S2)cc1. The highest BCUT2D eigenvalue weighted by Gasteiger charge is 2.34. The van der Waals surface area contributed by atoms with Gasteiger partial charge in [0, 0.05) is 5.25 Å². The largest absolute Gasteiger partial charge is 0.497 e. The summed E-state index contributed by atoms with van der Waals surface area (Å²) in [7, 11) is 1.56. The number of benzene rings is 1. The lowest BCUT2D eigenvalue weighted by Crippen LogP contribution is -2.15. The summed E-state index contributed by atoms with van der Waals surface area (Å²) < 4.78 is 23.3. The first-order valence-electron chi connectivity index (χ1n) is 5.85. The Kier molecular flexibility index (Phi) is 5.10. The normalized spacial score (nSPS) is 26.2. The van der Waals surface area contributed by atoms with Crippen LogP contribution in [0.15, 0.2) is 24.3 Å². The van der Waals surface area contributed by atoms with E-state index in [2.05, 4.69) is 15.9 Å². The minimum absolute atomic E-state index is 0.0153. The number of thioether (sulfide) groups is 1. The van der Waals surface area contributed by atoms with Crippen molar-refractivity contribution in [2.24, 2.45) is 0 Å². The third kappa shape index (κ3) is 3.86. The molecule has 1 aromatic carbocycles. The van der Waals surface area contributed by atoms with Gasteiger partial charge in [-0.15, -0.1) is 11.8 Å². The van der Waals surface area contributed by atoms with Crippen LogP contribution in [0, 0.1) is 0 Å². The van der Waals surface area contributed by atoms with Gasteiger partial charge in [0.05, 0.1) is 16.8 Å². The summed E-state index contributed by atoms with van der Waals surface area (Å²) in [5.74, 6) is 0.294. The number of carbonyl (C=O) groups excluding carboxylic acids is 1. The Hall–Kier alpha value is -0.750. The Morgan fingerprint density at radius 2 is 2.16 bits per heavy atom. The van der Waals surface area contributed by atoms with Gasteiger partial charge in [-0.1, -0.05) is 15.9 Å². The molecule has 1 aliphatic heterocycles. The molecule has 3 atom stereocenters. The smallest absolute Gasteiger partial charge is 0.338 e. The van der Waals surface area contributed by atoms with Gasteiger partial charge in [-0.3, -0.25) is 0 Å². The number of methoxy groups -OCH3 is 1. The second-order valence-corrected chi connectivity index (χ2v) is 7.23. The van der Waals surface area contributed by atoms with Crippen LogP contribution in [-0.4, -0.2) is 35.3 Å². The van der Waals surface area contributed by atoms with Crippen LogP contribution in [0.4, 0.5) is 4.39 Å². The lowest BCUT2D eigenvalue weighted by molar-refractivity contribution is 0.0501. The second-order valence-electron chi connectivity index (χ2n) is 4.19. The van der Waals surface area contributed by atoms with E-state index in [-0.39, 0.29) is 16.0 Å². The fourth-order valence-corrected chi connectivity index (χ4v) is 3.99. The van der Waals surface area contributed by atoms with E-state index in [0.29, 0.717) is 17.7 Å². The Labute approximate surface area is 124 Å². The first kappa shape index (κ1) is 14.7. The molecule has 0 spiro atoms. The zero-order valence-electron chi connectivity index (χ0n) is 10.3. The molecule has 19 heavy (non-hydrogen) atoms. The van der Waals surface area contributed by atoms with Crippen molar-refractivity contribution in [3.63, 3.8) is 0 Å². The van der Waals surface area contributed by atoms with Gasteiger partial charge >= 0.3 is 5.97 Å². The summed E-state index contributed by atoms with van der Waals surface area (Å²) in [5.41, 5.74) is 0.469. The van der Waals surface area contributed by atoms with Crippen molar-refractivity contribution in [1.82, 2.24) is 0 Å². The Balaban J connectivity index is 1.84. The van der Waals surface area contributed by atoms with Crippen molar-refractivity contribution in [3.05, 3.63) is 29.8 Å². The molecule has 0 amide bonds. The zero-order chi connectivity index (χ0) is 13.8. The van der Waals surface area contributed by atoms with E-state index in [1.54, 1.807) is 31.4 Å². The second kappa shape index (κ2) is 6.61. The van der Waals surface area contributed by atoms with Crippen LogP contribution in [0.5, 0.6) is 5.75 Å². The highest BCUT2D eigenvalue weighted by atomic mass is 79.9. The molecule has 3 nitrogen and oxygen atoms in total. The van der Waals surface area contributed by atoms with E-state index in [4.69, 9.17) is 9.47 Å². The van der Waals surface area contributed by atoms with E-state index in [9.17, 15) is 9.18 Å². The van der Waals surface area contributed by atoms with E-state index in [0.717, 1.165) is 0 Å². The highest BCUT2D eigenvalue weighted by Crippen LogP contribution is 2.39. The van der Waals surface area contributed by atoms with Crippen molar-refractivity contribution < 1.29 is 18.7 Å². The van der Waals surface area contributed by atoms with E-state index in [1.807, 2.05) is 0 Å². The summed E-state index contributed by atoms with van der Waals surface area (Å²) in [6, 6.07) is 6.70. The van der Waals surface area contributed by atoms with Crippen LogP contribution in [0.25, 0.3) is 0 Å². The summed E-state index contributed by atoms with van der Waals surface area (Å²) in [6.07, 6.45) is -0.467. The molecule has 1 aromatic rings. The number of halogens is 2. The Morgan fingerprint density at radius 3 is 2.68 bits per heavy atom. The molecular weight excluding hydrogens is 335 g/mol. The fourth-order valence-electron chi connectivity index (χ4n) is 1.77. The number of carbonyl (C=O) groups is 1. The van der Waals surface area contributed by atoms with Gasteiger partial charge in [-0.25, -0.2) is 9.18 Å². The maximum absolute atomic E-state index is 13.3. The van der Waals surface area contributed by atoms with Gasteiger partial charge in [0.15, 0.2) is 0 Å². The van der Waals surface area contributed by atoms with Crippen molar-refractivity contribution in [1.29, 1.82) is 0 Å². The third-order valence-electron chi connectivity index (χ3n) is 2.82. The minimum Gasteiger partial charge on any atom is -0.497 e. The predicted octanol–water partition coefficient (Wildman–Crippen LogP) is 3.42. The van der Waals surface area contributed by atoms with Gasteiger partial charge in [0.1, 0.15) is 18.5 Å². The van der Waals surface area contributed by atoms with Crippen molar-refractivity contribution in [2.45, 2.75) is 22.0 Å². The minimum atomic E-state index is -0.880.